The predicted octanol–water partition coefficient (Wildman–Crippen LogP) is 3.02. The average Bonchev–Trinajstić information content (AvgIpc) is 2.14. The van der Waals surface area contributed by atoms with E-state index in [9.17, 15) is 0 Å². The molecule has 0 fully saturated rings. The Balaban J connectivity index is 2.16. The predicted molar refractivity (Wildman–Crippen MR) is 51.8 cm³/mol. The molecule has 1 rings (SSSR count). The van der Waals surface area contributed by atoms with E-state index < -0.39 is 0 Å². The summed E-state index contributed by atoms with van der Waals surface area (Å²) >= 11 is 0. The fraction of sp³-hybridized carbons (Fsp3) is 0.455. The van der Waals surface area contributed by atoms with Crippen LogP contribution in [0.2, 0.25) is 0 Å². The first kappa shape index (κ1) is 9.24. The summed E-state index contributed by atoms with van der Waals surface area (Å²) in [6.45, 7) is 2.22. The Morgan fingerprint density at radius 1 is 1.42 bits per heavy atom. The molecule has 0 saturated carbocycles. The molecule has 0 amide bonds. The highest BCUT2D eigenvalue weighted by Crippen LogP contribution is 2.03. The van der Waals surface area contributed by atoms with E-state index >= 15 is 0 Å². The van der Waals surface area contributed by atoms with Gasteiger partial charge in [0.1, 0.15) is 0 Å². The lowest BCUT2D eigenvalue weighted by atomic mass is 10.1. The van der Waals surface area contributed by atoms with Gasteiger partial charge in [0.25, 0.3) is 0 Å². The first-order valence-corrected chi connectivity index (χ1v) is 4.65. The van der Waals surface area contributed by atoms with Gasteiger partial charge in [-0.3, -0.25) is 4.98 Å². The van der Waals surface area contributed by atoms with Crippen LogP contribution in [0.4, 0.5) is 0 Å². The summed E-state index contributed by atoms with van der Waals surface area (Å²) in [6.07, 6.45) is 8.97. The van der Waals surface area contributed by atoms with Crippen molar-refractivity contribution in [2.45, 2.75) is 32.6 Å². The van der Waals surface area contributed by atoms with Crippen molar-refractivity contribution in [2.75, 3.05) is 0 Å². The molecule has 0 unspecified atom stereocenters. The summed E-state index contributed by atoms with van der Waals surface area (Å²) < 4.78 is 0. The van der Waals surface area contributed by atoms with Crippen LogP contribution >= 0.6 is 0 Å². The summed E-state index contributed by atoms with van der Waals surface area (Å²) in [7, 11) is 0. The van der Waals surface area contributed by atoms with E-state index in [1.54, 1.807) is 0 Å². The number of unbranched alkanes of at least 4 members (excludes halogenated alkanes) is 3. The minimum Gasteiger partial charge on any atom is -0.261 e. The lowest BCUT2D eigenvalue weighted by molar-refractivity contribution is 0.763. The third-order valence-electron chi connectivity index (χ3n) is 1.84. The van der Waals surface area contributed by atoms with E-state index in [0.29, 0.717) is 0 Å². The zero-order valence-electron chi connectivity index (χ0n) is 7.66. The van der Waals surface area contributed by atoms with Crippen LogP contribution in [0.5, 0.6) is 0 Å². The van der Waals surface area contributed by atoms with Crippen LogP contribution in [0.1, 0.15) is 31.9 Å². The molecular formula is C11H16N. The van der Waals surface area contributed by atoms with Crippen LogP contribution in [-0.2, 0) is 6.42 Å². The summed E-state index contributed by atoms with van der Waals surface area (Å²) in [5.41, 5.74) is 1.17. The fourth-order valence-electron chi connectivity index (χ4n) is 1.12. The minimum atomic E-state index is 1.01. The Morgan fingerprint density at radius 3 is 3.00 bits per heavy atom. The van der Waals surface area contributed by atoms with Gasteiger partial charge in [0.05, 0.1) is 0 Å². The van der Waals surface area contributed by atoms with Crippen molar-refractivity contribution >= 4 is 0 Å². The van der Waals surface area contributed by atoms with E-state index in [4.69, 9.17) is 0 Å². The first-order valence-electron chi connectivity index (χ1n) is 4.65. The molecule has 0 saturated heterocycles. The number of nitrogens with zero attached hydrogens (tertiary/aromatic N) is 1. The van der Waals surface area contributed by atoms with Crippen LogP contribution in [0.15, 0.2) is 24.4 Å². The largest absolute Gasteiger partial charge is 0.261 e. The van der Waals surface area contributed by atoms with Gasteiger partial charge in [-0.15, -0.1) is 0 Å². The Kier molecular flexibility index (Phi) is 4.43. The van der Waals surface area contributed by atoms with E-state index in [-0.39, 0.29) is 0 Å². The number of rotatable bonds is 5. The molecule has 0 aromatic carbocycles. The molecule has 12 heavy (non-hydrogen) atoms. The summed E-state index contributed by atoms with van der Waals surface area (Å²) in [5, 5.41) is 0. The summed E-state index contributed by atoms with van der Waals surface area (Å²) in [6, 6.07) is 6.06. The minimum absolute atomic E-state index is 1.01. The average molecular weight is 162 g/mol. The van der Waals surface area contributed by atoms with E-state index in [1.807, 2.05) is 18.3 Å². The molecule has 0 N–H and O–H groups in total. The third-order valence-corrected chi connectivity index (χ3v) is 1.84. The Bertz CT molecular complexity index is 193. The normalized spacial score (nSPS) is 10.1. The number of aromatic nitrogens is 1. The zero-order valence-corrected chi connectivity index (χ0v) is 7.66. The molecule has 1 aromatic heterocycles. The van der Waals surface area contributed by atoms with Gasteiger partial charge < -0.3 is 0 Å². The molecule has 0 aliphatic heterocycles. The van der Waals surface area contributed by atoms with Crippen LogP contribution in [0, 0.1) is 6.42 Å². The first-order chi connectivity index (χ1) is 5.93. The molecule has 0 spiro atoms. The van der Waals surface area contributed by atoms with Crippen molar-refractivity contribution in [1.29, 1.82) is 0 Å². The molecule has 1 radical (unpaired) electrons. The standard InChI is InChI=1S/C11H16N/c1-2-3-4-5-8-11-9-6-7-10-12-11/h5-7,9-10H,2-4,8H2,1H3. The molecule has 0 atom stereocenters. The van der Waals surface area contributed by atoms with Gasteiger partial charge in [0.15, 0.2) is 0 Å². The smallest absolute Gasteiger partial charge is 0.0406 e. The van der Waals surface area contributed by atoms with Crippen molar-refractivity contribution in [3.63, 3.8) is 0 Å². The van der Waals surface area contributed by atoms with Crippen molar-refractivity contribution in [3.05, 3.63) is 36.5 Å². The lowest BCUT2D eigenvalue weighted by Crippen LogP contribution is -1.89. The number of pyridine rings is 1. The van der Waals surface area contributed by atoms with Crippen molar-refractivity contribution in [3.8, 4) is 0 Å². The van der Waals surface area contributed by atoms with Gasteiger partial charge in [-0.2, -0.15) is 0 Å². The second-order valence-corrected chi connectivity index (χ2v) is 2.96. The quantitative estimate of drug-likeness (QED) is 0.606. The highest BCUT2D eigenvalue weighted by molar-refractivity contribution is 5.05. The van der Waals surface area contributed by atoms with Gasteiger partial charge in [0, 0.05) is 11.9 Å². The Morgan fingerprint density at radius 2 is 2.33 bits per heavy atom. The van der Waals surface area contributed by atoms with Crippen LogP contribution in [-0.4, -0.2) is 4.98 Å². The Hall–Kier alpha value is -0.850. The molecular weight excluding hydrogens is 146 g/mol. The molecule has 1 aromatic rings. The van der Waals surface area contributed by atoms with E-state index in [0.717, 1.165) is 6.42 Å². The van der Waals surface area contributed by atoms with Gasteiger partial charge in [-0.05, 0) is 31.4 Å². The van der Waals surface area contributed by atoms with Gasteiger partial charge in [0.2, 0.25) is 0 Å². The van der Waals surface area contributed by atoms with Gasteiger partial charge in [-0.25, -0.2) is 0 Å². The molecule has 1 heterocycles. The molecule has 0 aliphatic carbocycles. The van der Waals surface area contributed by atoms with E-state index in [2.05, 4.69) is 24.4 Å². The second kappa shape index (κ2) is 5.76. The highest BCUT2D eigenvalue weighted by Gasteiger charge is 1.92. The van der Waals surface area contributed by atoms with Crippen LogP contribution in [0.3, 0.4) is 0 Å². The highest BCUT2D eigenvalue weighted by atomic mass is 14.7. The lowest BCUT2D eigenvalue weighted by Gasteiger charge is -1.98. The molecule has 1 heteroatoms. The monoisotopic (exact) mass is 162 g/mol. The topological polar surface area (TPSA) is 12.9 Å². The fourth-order valence-corrected chi connectivity index (χ4v) is 1.12. The zero-order chi connectivity index (χ0) is 8.65. The summed E-state index contributed by atoms with van der Waals surface area (Å²) in [4.78, 5) is 4.25. The second-order valence-electron chi connectivity index (χ2n) is 2.96. The number of hydrogen-bond acceptors (Lipinski definition) is 1. The van der Waals surface area contributed by atoms with Gasteiger partial charge >= 0.3 is 0 Å². The molecule has 0 bridgehead atoms. The maximum atomic E-state index is 4.25. The van der Waals surface area contributed by atoms with Crippen LogP contribution < -0.4 is 0 Å². The van der Waals surface area contributed by atoms with Crippen LogP contribution in [0.25, 0.3) is 0 Å². The SMILES string of the molecule is CCCC[CH]Cc1ccccn1. The van der Waals surface area contributed by atoms with Gasteiger partial charge in [-0.1, -0.05) is 25.8 Å². The van der Waals surface area contributed by atoms with E-state index in [1.165, 1.54) is 25.0 Å². The Labute approximate surface area is 74.8 Å². The maximum Gasteiger partial charge on any atom is 0.0406 e. The summed E-state index contributed by atoms with van der Waals surface area (Å²) in [5.74, 6) is 0. The van der Waals surface area contributed by atoms with Crippen molar-refractivity contribution in [2.24, 2.45) is 0 Å². The molecule has 0 aliphatic rings. The third kappa shape index (κ3) is 3.51. The maximum absolute atomic E-state index is 4.25. The number of hydrogen-bond donors (Lipinski definition) is 0. The van der Waals surface area contributed by atoms with Crippen molar-refractivity contribution < 1.29 is 0 Å². The molecule has 1 nitrogen and oxygen atoms in total. The van der Waals surface area contributed by atoms with Crippen molar-refractivity contribution in [1.82, 2.24) is 4.98 Å². The molecule has 65 valence electrons.